The molecular weight excluding hydrogens is 216 g/mol. The zero-order valence-electron chi connectivity index (χ0n) is 8.48. The molecular formula is C8H12N4O2S. The monoisotopic (exact) mass is 228 g/mol. The molecule has 7 heteroatoms. The van der Waals surface area contributed by atoms with Crippen LogP contribution in [0.2, 0.25) is 0 Å². The van der Waals surface area contributed by atoms with Gasteiger partial charge in [-0.05, 0) is 13.8 Å². The lowest BCUT2D eigenvalue weighted by Gasteiger charge is -2.00. The predicted octanol–water partition coefficient (Wildman–Crippen LogP) is 1.20. The Morgan fingerprint density at radius 2 is 2.53 bits per heavy atom. The second kappa shape index (κ2) is 5.30. The Morgan fingerprint density at radius 1 is 1.80 bits per heavy atom. The number of carbonyl (C=O) groups excluding carboxylic acids is 1. The van der Waals surface area contributed by atoms with Crippen molar-refractivity contribution in [3.8, 4) is 0 Å². The van der Waals surface area contributed by atoms with Crippen molar-refractivity contribution in [3.63, 3.8) is 0 Å². The lowest BCUT2D eigenvalue weighted by Crippen LogP contribution is -2.20. The molecule has 1 heterocycles. The maximum atomic E-state index is 10.9. The summed E-state index contributed by atoms with van der Waals surface area (Å²) in [6.07, 6.45) is -0.583. The van der Waals surface area contributed by atoms with Crippen molar-refractivity contribution in [3.05, 3.63) is 11.1 Å². The van der Waals surface area contributed by atoms with Crippen LogP contribution in [0.5, 0.6) is 0 Å². The number of hydrogen-bond donors (Lipinski definition) is 2. The van der Waals surface area contributed by atoms with Crippen molar-refractivity contribution in [2.24, 2.45) is 5.10 Å². The Kier molecular flexibility index (Phi) is 4.04. The summed E-state index contributed by atoms with van der Waals surface area (Å²) < 4.78 is 4.63. The molecule has 1 aromatic heterocycles. The average molecular weight is 228 g/mol. The van der Waals surface area contributed by atoms with E-state index in [0.717, 1.165) is 0 Å². The van der Waals surface area contributed by atoms with E-state index >= 15 is 0 Å². The van der Waals surface area contributed by atoms with E-state index in [4.69, 9.17) is 5.73 Å². The molecule has 1 amide bonds. The minimum atomic E-state index is -0.583. The molecule has 0 fully saturated rings. The third-order valence-electron chi connectivity index (χ3n) is 1.48. The van der Waals surface area contributed by atoms with E-state index in [9.17, 15) is 4.79 Å². The van der Waals surface area contributed by atoms with Crippen LogP contribution < -0.4 is 11.2 Å². The Labute approximate surface area is 91.1 Å². The Balaban J connectivity index is 2.56. The fraction of sp³-hybridized carbons (Fsp3) is 0.375. The van der Waals surface area contributed by atoms with Gasteiger partial charge in [0.1, 0.15) is 0 Å². The number of nitrogens with zero attached hydrogens (tertiary/aromatic N) is 2. The number of anilines is 1. The molecule has 15 heavy (non-hydrogen) atoms. The van der Waals surface area contributed by atoms with Gasteiger partial charge in [0.05, 0.1) is 18.0 Å². The first-order valence-electron chi connectivity index (χ1n) is 4.32. The Hall–Kier alpha value is -1.63. The molecule has 1 rings (SSSR count). The van der Waals surface area contributed by atoms with Gasteiger partial charge in [0.25, 0.3) is 0 Å². The van der Waals surface area contributed by atoms with Crippen molar-refractivity contribution >= 4 is 28.3 Å². The number of thiazole rings is 1. The largest absolute Gasteiger partial charge is 0.449 e. The molecule has 0 spiro atoms. The second-order valence-electron chi connectivity index (χ2n) is 2.60. The molecule has 0 bridgehead atoms. The number of carbonyl (C=O) groups is 1. The molecule has 3 N–H and O–H groups in total. The zero-order valence-corrected chi connectivity index (χ0v) is 9.30. The van der Waals surface area contributed by atoms with E-state index in [2.05, 4.69) is 20.2 Å². The van der Waals surface area contributed by atoms with Crippen molar-refractivity contribution in [2.75, 3.05) is 12.3 Å². The highest BCUT2D eigenvalue weighted by Crippen LogP contribution is 2.11. The quantitative estimate of drug-likeness (QED) is 0.600. The summed E-state index contributed by atoms with van der Waals surface area (Å²) in [5.41, 5.74) is 8.93. The number of rotatable bonds is 3. The number of nitrogen functional groups attached to an aromatic ring is 1. The lowest BCUT2D eigenvalue weighted by molar-refractivity contribution is 0.152. The minimum Gasteiger partial charge on any atom is -0.449 e. The van der Waals surface area contributed by atoms with Gasteiger partial charge in [-0.25, -0.2) is 15.2 Å². The van der Waals surface area contributed by atoms with Gasteiger partial charge in [0.2, 0.25) is 0 Å². The highest BCUT2D eigenvalue weighted by atomic mass is 32.1. The molecule has 0 aliphatic rings. The summed E-state index contributed by atoms with van der Waals surface area (Å²) in [6, 6.07) is 0. The van der Waals surface area contributed by atoms with Crippen LogP contribution in [0.3, 0.4) is 0 Å². The number of hydrogen-bond acceptors (Lipinski definition) is 6. The molecule has 0 aliphatic heterocycles. The van der Waals surface area contributed by atoms with E-state index < -0.39 is 6.09 Å². The van der Waals surface area contributed by atoms with Gasteiger partial charge < -0.3 is 10.5 Å². The maximum Gasteiger partial charge on any atom is 0.427 e. The van der Waals surface area contributed by atoms with Crippen LogP contribution in [0.1, 0.15) is 19.5 Å². The van der Waals surface area contributed by atoms with E-state index in [-0.39, 0.29) is 0 Å². The van der Waals surface area contributed by atoms with Gasteiger partial charge in [-0.15, -0.1) is 11.3 Å². The predicted molar refractivity (Wildman–Crippen MR) is 58.9 cm³/mol. The van der Waals surface area contributed by atoms with Crippen LogP contribution in [0, 0.1) is 0 Å². The number of nitrogens with one attached hydrogen (secondary N) is 1. The smallest absolute Gasteiger partial charge is 0.427 e. The molecule has 0 unspecified atom stereocenters. The van der Waals surface area contributed by atoms with Crippen molar-refractivity contribution in [2.45, 2.75) is 13.8 Å². The first-order chi connectivity index (χ1) is 7.13. The van der Waals surface area contributed by atoms with Crippen LogP contribution in [0.4, 0.5) is 9.93 Å². The third kappa shape index (κ3) is 3.55. The third-order valence-corrected chi connectivity index (χ3v) is 2.16. The summed E-state index contributed by atoms with van der Waals surface area (Å²) in [5, 5.41) is 6.04. The zero-order chi connectivity index (χ0) is 11.3. The highest BCUT2D eigenvalue weighted by molar-refractivity contribution is 7.13. The normalized spacial score (nSPS) is 11.2. The van der Waals surface area contributed by atoms with Crippen LogP contribution >= 0.6 is 11.3 Å². The molecule has 0 saturated carbocycles. The summed E-state index contributed by atoms with van der Waals surface area (Å²) in [7, 11) is 0. The Bertz CT molecular complexity index is 374. The second-order valence-corrected chi connectivity index (χ2v) is 3.49. The fourth-order valence-corrected chi connectivity index (χ4v) is 1.41. The topological polar surface area (TPSA) is 89.6 Å². The van der Waals surface area contributed by atoms with Gasteiger partial charge in [-0.1, -0.05) is 0 Å². The van der Waals surface area contributed by atoms with E-state index in [1.165, 1.54) is 11.3 Å². The number of hydrazone groups is 1. The molecule has 0 saturated heterocycles. The number of amides is 1. The molecule has 0 aliphatic carbocycles. The lowest BCUT2D eigenvalue weighted by atomic mass is 10.3. The highest BCUT2D eigenvalue weighted by Gasteiger charge is 2.03. The first kappa shape index (κ1) is 11.4. The molecule has 6 nitrogen and oxygen atoms in total. The van der Waals surface area contributed by atoms with Crippen LogP contribution in [0.15, 0.2) is 10.5 Å². The standard InChI is InChI=1S/C8H12N4O2S/c1-3-14-8(13)12-11-5(2)6-4-15-7(9)10-6/h4H,3H2,1-2H3,(H2,9,10)(H,12,13). The first-order valence-corrected chi connectivity index (χ1v) is 5.20. The molecule has 0 aromatic carbocycles. The Morgan fingerprint density at radius 3 is 3.07 bits per heavy atom. The maximum absolute atomic E-state index is 10.9. The molecule has 0 radical (unpaired) electrons. The van der Waals surface area contributed by atoms with Gasteiger partial charge in [0.15, 0.2) is 5.13 Å². The minimum absolute atomic E-state index is 0.310. The van der Waals surface area contributed by atoms with Gasteiger partial charge >= 0.3 is 6.09 Å². The van der Waals surface area contributed by atoms with E-state index in [0.29, 0.717) is 23.1 Å². The van der Waals surface area contributed by atoms with Crippen molar-refractivity contribution in [1.29, 1.82) is 0 Å². The van der Waals surface area contributed by atoms with Crippen molar-refractivity contribution in [1.82, 2.24) is 10.4 Å². The van der Waals surface area contributed by atoms with Crippen LogP contribution in [-0.4, -0.2) is 23.4 Å². The van der Waals surface area contributed by atoms with Crippen molar-refractivity contribution < 1.29 is 9.53 Å². The molecule has 0 atom stereocenters. The number of ether oxygens (including phenoxy) is 1. The van der Waals surface area contributed by atoms with Crippen LogP contribution in [-0.2, 0) is 4.74 Å². The SMILES string of the molecule is CCOC(=O)NN=C(C)c1csc(N)n1. The summed E-state index contributed by atoms with van der Waals surface area (Å²) in [4.78, 5) is 14.9. The average Bonchev–Trinajstić information content (AvgIpc) is 2.62. The summed E-state index contributed by atoms with van der Waals surface area (Å²) in [5.74, 6) is 0. The molecule has 1 aromatic rings. The fourth-order valence-electron chi connectivity index (χ4n) is 0.804. The van der Waals surface area contributed by atoms with Gasteiger partial charge in [0, 0.05) is 5.38 Å². The summed E-state index contributed by atoms with van der Waals surface area (Å²) >= 11 is 1.32. The van der Waals surface area contributed by atoms with E-state index in [1.807, 2.05) is 0 Å². The number of nitrogens with two attached hydrogens (primary N) is 1. The van der Waals surface area contributed by atoms with Gasteiger partial charge in [-0.2, -0.15) is 5.10 Å². The van der Waals surface area contributed by atoms with Crippen LogP contribution in [0.25, 0.3) is 0 Å². The molecule has 82 valence electrons. The number of aromatic nitrogens is 1. The summed E-state index contributed by atoms with van der Waals surface area (Å²) in [6.45, 7) is 3.75. The van der Waals surface area contributed by atoms with Gasteiger partial charge in [-0.3, -0.25) is 0 Å². The van der Waals surface area contributed by atoms with E-state index in [1.54, 1.807) is 19.2 Å².